The van der Waals surface area contributed by atoms with Gasteiger partial charge in [0.1, 0.15) is 5.82 Å². The molecule has 28 heavy (non-hydrogen) atoms. The zero-order chi connectivity index (χ0) is 19.9. The maximum absolute atomic E-state index is 13.2. The largest absolute Gasteiger partial charge is 0.454 e. The average molecular weight is 386 g/mol. The number of benzene rings is 2. The standard InChI is InChI=1S/C22H27FN2O3/c1-15(2)9-10-24-22(26)25-19(11-16-3-6-18(23)7-4-16)12-17-5-8-20-21(13-17)28-14-27-20/h3-8,13,15,19H,9-12,14H2,1-2H3,(H2,24,25,26)/t19-/m0/s1. The first-order chi connectivity index (χ1) is 13.5. The molecule has 1 atom stereocenters. The summed E-state index contributed by atoms with van der Waals surface area (Å²) >= 11 is 0. The number of fused-ring (bicyclic) bond motifs is 1. The maximum atomic E-state index is 13.2. The zero-order valence-electron chi connectivity index (χ0n) is 16.3. The second-order valence-electron chi connectivity index (χ2n) is 7.50. The molecule has 0 aliphatic carbocycles. The van der Waals surface area contributed by atoms with Crippen molar-refractivity contribution in [2.45, 2.75) is 39.2 Å². The van der Waals surface area contributed by atoms with Crippen molar-refractivity contribution in [2.75, 3.05) is 13.3 Å². The summed E-state index contributed by atoms with van der Waals surface area (Å²) in [6.45, 7) is 5.11. The van der Waals surface area contributed by atoms with E-state index in [2.05, 4.69) is 24.5 Å². The highest BCUT2D eigenvalue weighted by Crippen LogP contribution is 2.32. The first-order valence-corrected chi connectivity index (χ1v) is 9.67. The van der Waals surface area contributed by atoms with Crippen LogP contribution >= 0.6 is 0 Å². The molecule has 6 heteroatoms. The maximum Gasteiger partial charge on any atom is 0.315 e. The van der Waals surface area contributed by atoms with Crippen LogP contribution in [0.15, 0.2) is 42.5 Å². The van der Waals surface area contributed by atoms with E-state index < -0.39 is 0 Å². The summed E-state index contributed by atoms with van der Waals surface area (Å²) in [6.07, 6.45) is 2.16. The van der Waals surface area contributed by atoms with Crippen molar-refractivity contribution in [3.8, 4) is 11.5 Å². The lowest BCUT2D eigenvalue weighted by atomic mass is 9.98. The fourth-order valence-corrected chi connectivity index (χ4v) is 3.14. The molecule has 0 radical (unpaired) electrons. The molecule has 1 heterocycles. The highest BCUT2D eigenvalue weighted by Gasteiger charge is 2.18. The predicted octanol–water partition coefficient (Wildman–Crippen LogP) is 4.05. The summed E-state index contributed by atoms with van der Waals surface area (Å²) in [4.78, 5) is 12.3. The van der Waals surface area contributed by atoms with Gasteiger partial charge in [-0.05, 0) is 60.6 Å². The molecule has 0 saturated carbocycles. The van der Waals surface area contributed by atoms with Crippen molar-refractivity contribution in [3.63, 3.8) is 0 Å². The summed E-state index contributed by atoms with van der Waals surface area (Å²) in [7, 11) is 0. The fourth-order valence-electron chi connectivity index (χ4n) is 3.14. The Morgan fingerprint density at radius 1 is 1.04 bits per heavy atom. The van der Waals surface area contributed by atoms with Crippen LogP contribution in [0.2, 0.25) is 0 Å². The van der Waals surface area contributed by atoms with Gasteiger partial charge in [-0.25, -0.2) is 9.18 Å². The Morgan fingerprint density at radius 3 is 2.46 bits per heavy atom. The molecule has 1 aliphatic rings. The molecule has 2 aromatic rings. The Bertz CT molecular complexity index is 793. The summed E-state index contributed by atoms with van der Waals surface area (Å²) in [5.41, 5.74) is 2.01. The molecule has 0 fully saturated rings. The van der Waals surface area contributed by atoms with Crippen LogP contribution in [0.5, 0.6) is 11.5 Å². The Morgan fingerprint density at radius 2 is 1.71 bits per heavy atom. The van der Waals surface area contributed by atoms with Gasteiger partial charge in [-0.15, -0.1) is 0 Å². The van der Waals surface area contributed by atoms with E-state index in [-0.39, 0.29) is 24.7 Å². The van der Waals surface area contributed by atoms with Gasteiger partial charge < -0.3 is 20.1 Å². The SMILES string of the molecule is CC(C)CCNC(=O)N[C@@H](Cc1ccc(F)cc1)Cc1ccc2c(c1)OCO2. The Hall–Kier alpha value is -2.76. The molecule has 0 spiro atoms. The molecule has 0 bridgehead atoms. The number of rotatable bonds is 8. The Balaban J connectivity index is 1.66. The third-order valence-electron chi connectivity index (χ3n) is 4.66. The predicted molar refractivity (Wildman–Crippen MR) is 106 cm³/mol. The van der Waals surface area contributed by atoms with Crippen molar-refractivity contribution < 1.29 is 18.7 Å². The molecular weight excluding hydrogens is 359 g/mol. The van der Waals surface area contributed by atoms with Crippen molar-refractivity contribution in [1.82, 2.24) is 10.6 Å². The highest BCUT2D eigenvalue weighted by molar-refractivity contribution is 5.74. The van der Waals surface area contributed by atoms with Gasteiger partial charge in [-0.3, -0.25) is 0 Å². The summed E-state index contributed by atoms with van der Waals surface area (Å²) in [6, 6.07) is 11.9. The first kappa shape index (κ1) is 20.0. The van der Waals surface area contributed by atoms with E-state index in [0.717, 1.165) is 29.0 Å². The molecule has 150 valence electrons. The molecule has 2 amide bonds. The third-order valence-corrected chi connectivity index (χ3v) is 4.66. The monoisotopic (exact) mass is 386 g/mol. The molecule has 3 rings (SSSR count). The van der Waals surface area contributed by atoms with E-state index in [1.54, 1.807) is 12.1 Å². The molecular formula is C22H27FN2O3. The average Bonchev–Trinajstić information content (AvgIpc) is 3.11. The Labute approximate surface area is 165 Å². The Kier molecular flexibility index (Phi) is 6.74. The molecule has 0 saturated heterocycles. The number of urea groups is 1. The van der Waals surface area contributed by atoms with Gasteiger partial charge in [0.25, 0.3) is 0 Å². The quantitative estimate of drug-likeness (QED) is 0.719. The van der Waals surface area contributed by atoms with Gasteiger partial charge in [0.2, 0.25) is 6.79 Å². The minimum atomic E-state index is -0.268. The summed E-state index contributed by atoms with van der Waals surface area (Å²) in [5, 5.41) is 5.97. The second-order valence-corrected chi connectivity index (χ2v) is 7.50. The second kappa shape index (κ2) is 9.44. The van der Waals surface area contributed by atoms with Gasteiger partial charge >= 0.3 is 6.03 Å². The van der Waals surface area contributed by atoms with Crippen LogP contribution < -0.4 is 20.1 Å². The van der Waals surface area contributed by atoms with Crippen LogP contribution in [0.1, 0.15) is 31.4 Å². The zero-order valence-corrected chi connectivity index (χ0v) is 16.3. The van der Waals surface area contributed by atoms with Crippen LogP contribution in [-0.2, 0) is 12.8 Å². The number of carbonyl (C=O) groups is 1. The van der Waals surface area contributed by atoms with E-state index in [4.69, 9.17) is 9.47 Å². The molecule has 0 aromatic heterocycles. The van der Waals surface area contributed by atoms with Gasteiger partial charge in [-0.2, -0.15) is 0 Å². The number of amides is 2. The molecule has 5 nitrogen and oxygen atoms in total. The smallest absolute Gasteiger partial charge is 0.315 e. The van der Waals surface area contributed by atoms with Gasteiger partial charge in [0.05, 0.1) is 0 Å². The van der Waals surface area contributed by atoms with E-state index in [0.29, 0.717) is 25.3 Å². The normalized spacial score (nSPS) is 13.4. The van der Waals surface area contributed by atoms with E-state index in [1.807, 2.05) is 18.2 Å². The lowest BCUT2D eigenvalue weighted by Gasteiger charge is -2.20. The van der Waals surface area contributed by atoms with Crippen molar-refractivity contribution in [1.29, 1.82) is 0 Å². The van der Waals surface area contributed by atoms with Crippen LogP contribution in [0.25, 0.3) is 0 Å². The summed E-state index contributed by atoms with van der Waals surface area (Å²) in [5.74, 6) is 1.72. The van der Waals surface area contributed by atoms with Crippen molar-refractivity contribution >= 4 is 6.03 Å². The highest BCUT2D eigenvalue weighted by atomic mass is 19.1. The van der Waals surface area contributed by atoms with Crippen LogP contribution in [0.3, 0.4) is 0 Å². The minimum absolute atomic E-state index is 0.134. The molecule has 2 N–H and O–H groups in total. The van der Waals surface area contributed by atoms with Crippen LogP contribution in [0, 0.1) is 11.7 Å². The lowest BCUT2D eigenvalue weighted by Crippen LogP contribution is -2.44. The number of hydrogen-bond donors (Lipinski definition) is 2. The van der Waals surface area contributed by atoms with Gasteiger partial charge in [0.15, 0.2) is 11.5 Å². The van der Waals surface area contributed by atoms with Crippen LogP contribution in [-0.4, -0.2) is 25.4 Å². The number of nitrogens with one attached hydrogen (secondary N) is 2. The molecule has 1 aliphatic heterocycles. The number of hydrogen-bond acceptors (Lipinski definition) is 3. The first-order valence-electron chi connectivity index (χ1n) is 9.67. The number of carbonyl (C=O) groups excluding carboxylic acids is 1. The molecule has 2 aromatic carbocycles. The summed E-state index contributed by atoms with van der Waals surface area (Å²) < 4.78 is 24.0. The van der Waals surface area contributed by atoms with Crippen molar-refractivity contribution in [3.05, 3.63) is 59.4 Å². The van der Waals surface area contributed by atoms with Gasteiger partial charge in [-0.1, -0.05) is 32.0 Å². The van der Waals surface area contributed by atoms with Crippen LogP contribution in [0.4, 0.5) is 9.18 Å². The van der Waals surface area contributed by atoms with Gasteiger partial charge in [0, 0.05) is 12.6 Å². The van der Waals surface area contributed by atoms with E-state index in [9.17, 15) is 9.18 Å². The minimum Gasteiger partial charge on any atom is -0.454 e. The van der Waals surface area contributed by atoms with Crippen molar-refractivity contribution in [2.24, 2.45) is 5.92 Å². The number of ether oxygens (including phenoxy) is 2. The van der Waals surface area contributed by atoms with E-state index >= 15 is 0 Å². The fraction of sp³-hybridized carbons (Fsp3) is 0.409. The number of halogens is 1. The lowest BCUT2D eigenvalue weighted by molar-refractivity contribution is 0.174. The van der Waals surface area contributed by atoms with E-state index in [1.165, 1.54) is 12.1 Å². The third kappa shape index (κ3) is 5.87. The molecule has 0 unspecified atom stereocenters. The topological polar surface area (TPSA) is 59.6 Å².